The zero-order chi connectivity index (χ0) is 19.7. The topological polar surface area (TPSA) is 98.4 Å². The van der Waals surface area contributed by atoms with Crippen molar-refractivity contribution in [3.05, 3.63) is 39.8 Å². The lowest BCUT2D eigenvalue weighted by Crippen LogP contribution is -2.50. The predicted octanol–water partition coefficient (Wildman–Crippen LogP) is 0.266. The van der Waals surface area contributed by atoms with Crippen molar-refractivity contribution >= 4 is 22.8 Å². The van der Waals surface area contributed by atoms with Crippen LogP contribution in [-0.4, -0.2) is 64.3 Å². The van der Waals surface area contributed by atoms with E-state index in [2.05, 4.69) is 20.2 Å². The monoisotopic (exact) mass is 383 g/mol. The van der Waals surface area contributed by atoms with Gasteiger partial charge in [0.1, 0.15) is 0 Å². The zero-order valence-corrected chi connectivity index (χ0v) is 16.0. The highest BCUT2D eigenvalue weighted by Gasteiger charge is 2.32. The van der Waals surface area contributed by atoms with Crippen LogP contribution >= 0.6 is 0 Å². The van der Waals surface area contributed by atoms with Gasteiger partial charge in [0.2, 0.25) is 11.8 Å². The second-order valence-electron chi connectivity index (χ2n) is 7.56. The molecular formula is C20H25N5O3. The Morgan fingerprint density at radius 2 is 2.00 bits per heavy atom. The number of carbonyl (C=O) groups excluding carboxylic acids is 2. The number of hydrogen-bond acceptors (Lipinski definition) is 5. The van der Waals surface area contributed by atoms with Crippen LogP contribution in [0.4, 0.5) is 0 Å². The van der Waals surface area contributed by atoms with Crippen LogP contribution in [-0.2, 0) is 22.6 Å². The van der Waals surface area contributed by atoms with Gasteiger partial charge >= 0.3 is 0 Å². The SMILES string of the molecule is CCc1cc2ncc(CN3CCN(C(=O)[C@@H]4CNC(=O)C4)CC3)cc2[nH]c1=O. The standard InChI is InChI=1S/C20H25N5O3/c1-2-14-8-16-17(23-19(14)27)7-13(10-21-16)12-24-3-5-25(6-4-24)20(28)15-9-18(26)22-11-15/h7-8,10,15H,2-6,9,11-12H2,1H3,(H,22,26)(H,23,27)/t15-/m0/s1. The van der Waals surface area contributed by atoms with Crippen molar-refractivity contribution in [1.29, 1.82) is 0 Å². The van der Waals surface area contributed by atoms with E-state index in [-0.39, 0.29) is 23.3 Å². The van der Waals surface area contributed by atoms with Gasteiger partial charge in [-0.15, -0.1) is 0 Å². The molecule has 4 heterocycles. The summed E-state index contributed by atoms with van der Waals surface area (Å²) in [7, 11) is 0. The molecule has 0 aromatic carbocycles. The van der Waals surface area contributed by atoms with Crippen molar-refractivity contribution in [3.8, 4) is 0 Å². The third-order valence-electron chi connectivity index (χ3n) is 5.62. The number of rotatable bonds is 4. The van der Waals surface area contributed by atoms with Crippen LogP contribution in [0.15, 0.2) is 23.1 Å². The maximum absolute atomic E-state index is 12.5. The van der Waals surface area contributed by atoms with Crippen molar-refractivity contribution in [2.24, 2.45) is 5.92 Å². The Balaban J connectivity index is 1.37. The van der Waals surface area contributed by atoms with Gasteiger partial charge in [-0.05, 0) is 24.1 Å². The highest BCUT2D eigenvalue weighted by atomic mass is 16.2. The molecule has 0 unspecified atom stereocenters. The minimum Gasteiger partial charge on any atom is -0.355 e. The average Bonchev–Trinajstić information content (AvgIpc) is 3.14. The Bertz CT molecular complexity index is 962. The van der Waals surface area contributed by atoms with Gasteiger partial charge in [0.15, 0.2) is 0 Å². The van der Waals surface area contributed by atoms with Crippen LogP contribution in [0.3, 0.4) is 0 Å². The lowest BCUT2D eigenvalue weighted by atomic mass is 10.1. The number of fused-ring (bicyclic) bond motifs is 1. The van der Waals surface area contributed by atoms with Crippen molar-refractivity contribution in [2.45, 2.75) is 26.3 Å². The summed E-state index contributed by atoms with van der Waals surface area (Å²) in [6.45, 7) is 6.04. The molecule has 0 bridgehead atoms. The molecule has 2 aliphatic rings. The van der Waals surface area contributed by atoms with E-state index in [1.54, 1.807) is 0 Å². The molecule has 8 heteroatoms. The van der Waals surface area contributed by atoms with Gasteiger partial charge in [-0.2, -0.15) is 0 Å². The highest BCUT2D eigenvalue weighted by Crippen LogP contribution is 2.17. The third-order valence-corrected chi connectivity index (χ3v) is 5.62. The molecule has 0 radical (unpaired) electrons. The molecule has 2 saturated heterocycles. The summed E-state index contributed by atoms with van der Waals surface area (Å²) in [5, 5.41) is 2.73. The molecule has 8 nitrogen and oxygen atoms in total. The summed E-state index contributed by atoms with van der Waals surface area (Å²) < 4.78 is 0. The molecule has 0 spiro atoms. The predicted molar refractivity (Wildman–Crippen MR) is 105 cm³/mol. The van der Waals surface area contributed by atoms with Gasteiger partial charge < -0.3 is 15.2 Å². The number of aromatic nitrogens is 2. The zero-order valence-electron chi connectivity index (χ0n) is 16.0. The first kappa shape index (κ1) is 18.6. The minimum absolute atomic E-state index is 0.0371. The van der Waals surface area contributed by atoms with Crippen LogP contribution in [0.1, 0.15) is 24.5 Å². The molecule has 0 saturated carbocycles. The molecule has 2 fully saturated rings. The van der Waals surface area contributed by atoms with Gasteiger partial charge in [0.05, 0.1) is 17.0 Å². The Kier molecular flexibility index (Phi) is 5.13. The van der Waals surface area contributed by atoms with Crippen LogP contribution < -0.4 is 10.9 Å². The van der Waals surface area contributed by atoms with E-state index in [9.17, 15) is 14.4 Å². The van der Waals surface area contributed by atoms with Crippen molar-refractivity contribution in [2.75, 3.05) is 32.7 Å². The first-order valence-corrected chi connectivity index (χ1v) is 9.82. The summed E-state index contributed by atoms with van der Waals surface area (Å²) in [5.41, 5.74) is 3.29. The fourth-order valence-electron chi connectivity index (χ4n) is 3.94. The maximum atomic E-state index is 12.5. The Morgan fingerprint density at radius 1 is 1.21 bits per heavy atom. The van der Waals surface area contributed by atoms with Crippen LogP contribution in [0.25, 0.3) is 11.0 Å². The summed E-state index contributed by atoms with van der Waals surface area (Å²) in [6, 6.07) is 3.83. The fraction of sp³-hybridized carbons (Fsp3) is 0.500. The van der Waals surface area contributed by atoms with Crippen LogP contribution in [0.5, 0.6) is 0 Å². The number of H-pyrrole nitrogens is 1. The first-order valence-electron chi connectivity index (χ1n) is 9.82. The lowest BCUT2D eigenvalue weighted by Gasteiger charge is -2.35. The smallest absolute Gasteiger partial charge is 0.251 e. The van der Waals surface area contributed by atoms with Gasteiger partial charge in [-0.25, -0.2) is 0 Å². The molecular weight excluding hydrogens is 358 g/mol. The largest absolute Gasteiger partial charge is 0.355 e. The summed E-state index contributed by atoms with van der Waals surface area (Å²) in [5.74, 6) is -0.173. The second kappa shape index (κ2) is 7.71. The minimum atomic E-state index is -0.214. The lowest BCUT2D eigenvalue weighted by molar-refractivity contribution is -0.137. The molecule has 0 aliphatic carbocycles. The van der Waals surface area contributed by atoms with Crippen molar-refractivity contribution in [3.63, 3.8) is 0 Å². The molecule has 148 valence electrons. The Morgan fingerprint density at radius 3 is 2.68 bits per heavy atom. The summed E-state index contributed by atoms with van der Waals surface area (Å²) in [4.78, 5) is 47.4. The van der Waals surface area contributed by atoms with E-state index in [1.165, 1.54) is 0 Å². The van der Waals surface area contributed by atoms with Crippen LogP contribution in [0, 0.1) is 5.92 Å². The van der Waals surface area contributed by atoms with Gasteiger partial charge in [0.25, 0.3) is 5.56 Å². The number of pyridine rings is 2. The van der Waals surface area contributed by atoms with E-state index in [4.69, 9.17) is 0 Å². The maximum Gasteiger partial charge on any atom is 0.251 e. The van der Waals surface area contributed by atoms with Crippen LogP contribution in [0.2, 0.25) is 0 Å². The molecule has 28 heavy (non-hydrogen) atoms. The second-order valence-corrected chi connectivity index (χ2v) is 7.56. The Labute approximate surface area is 162 Å². The van der Waals surface area contributed by atoms with Gasteiger partial charge in [-0.1, -0.05) is 6.92 Å². The number of carbonyl (C=O) groups is 2. The number of aromatic amines is 1. The number of aryl methyl sites for hydroxylation is 1. The third kappa shape index (κ3) is 3.77. The number of nitrogens with zero attached hydrogens (tertiary/aromatic N) is 3. The highest BCUT2D eigenvalue weighted by molar-refractivity contribution is 5.89. The number of piperazine rings is 1. The molecule has 2 N–H and O–H groups in total. The first-order chi connectivity index (χ1) is 13.5. The van der Waals surface area contributed by atoms with E-state index >= 15 is 0 Å². The normalized spacial score (nSPS) is 20.5. The van der Waals surface area contributed by atoms with E-state index in [0.29, 0.717) is 32.5 Å². The molecule has 1 atom stereocenters. The van der Waals surface area contributed by atoms with Gasteiger partial charge in [-0.3, -0.25) is 24.3 Å². The molecule has 4 rings (SSSR count). The number of amides is 2. The van der Waals surface area contributed by atoms with Crippen molar-refractivity contribution in [1.82, 2.24) is 25.1 Å². The molecule has 2 aromatic rings. The van der Waals surface area contributed by atoms with Gasteiger partial charge in [0, 0.05) is 57.4 Å². The fourth-order valence-corrected chi connectivity index (χ4v) is 3.94. The molecule has 2 aliphatic heterocycles. The average molecular weight is 383 g/mol. The Hall–Kier alpha value is -2.74. The molecule has 2 aromatic heterocycles. The summed E-state index contributed by atoms with van der Waals surface area (Å²) in [6.07, 6.45) is 2.84. The quantitative estimate of drug-likeness (QED) is 0.790. The number of hydrogen-bond donors (Lipinski definition) is 2. The summed E-state index contributed by atoms with van der Waals surface area (Å²) >= 11 is 0. The number of nitrogens with one attached hydrogen (secondary N) is 2. The van der Waals surface area contributed by atoms with Crippen molar-refractivity contribution < 1.29 is 9.59 Å². The molecule has 2 amide bonds. The van der Waals surface area contributed by atoms with E-state index in [0.717, 1.165) is 41.8 Å². The van der Waals surface area contributed by atoms with E-state index in [1.807, 2.05) is 30.2 Å². The van der Waals surface area contributed by atoms with E-state index < -0.39 is 0 Å².